The fraction of sp³-hybridized carbons (Fsp3) is 0.500. The van der Waals surface area contributed by atoms with Gasteiger partial charge in [-0.1, -0.05) is 21.6 Å². The van der Waals surface area contributed by atoms with Gasteiger partial charge in [-0.3, -0.25) is 23.4 Å². The molecule has 0 aromatic rings. The van der Waals surface area contributed by atoms with Crippen LogP contribution < -0.4 is 59.1 Å². The number of ketones is 4. The van der Waals surface area contributed by atoms with Gasteiger partial charge in [-0.2, -0.15) is 0 Å². The summed E-state index contributed by atoms with van der Waals surface area (Å²) in [5, 5.41) is 0. The first kappa shape index (κ1) is 28.4. The van der Waals surface area contributed by atoms with Gasteiger partial charge in [0.15, 0.2) is 11.1 Å². The Labute approximate surface area is 183 Å². The molecule has 0 rings (SSSR count). The summed E-state index contributed by atoms with van der Waals surface area (Å²) < 4.78 is 39.1. The van der Waals surface area contributed by atoms with Crippen LogP contribution in [0.3, 0.4) is 0 Å². The molecule has 0 saturated heterocycles. The van der Waals surface area contributed by atoms with Gasteiger partial charge in [-0.25, -0.2) is 4.21 Å². The fourth-order valence-corrected chi connectivity index (χ4v) is 3.34. The Balaban J connectivity index is -0.00000180. The van der Waals surface area contributed by atoms with Crippen molar-refractivity contribution in [1.29, 1.82) is 0 Å². The number of rotatable bonds is 11. The van der Waals surface area contributed by atoms with Crippen LogP contribution in [0.2, 0.25) is 0 Å². The predicted molar refractivity (Wildman–Crippen MR) is 74.4 cm³/mol. The Morgan fingerprint density at radius 2 is 1.18 bits per heavy atom. The molecule has 0 saturated carbocycles. The molecule has 0 amide bonds. The van der Waals surface area contributed by atoms with Crippen molar-refractivity contribution in [2.75, 3.05) is 23.0 Å². The third-order valence-electron chi connectivity index (χ3n) is 1.59. The molecule has 0 aliphatic carbocycles. The Bertz CT molecular complexity index is 427. The van der Waals surface area contributed by atoms with Gasteiger partial charge in [0.2, 0.25) is 23.1 Å². The molecular weight excluding hydrogens is 398 g/mol. The minimum absolute atomic E-state index is 0. The minimum atomic E-state index is -2.63. The van der Waals surface area contributed by atoms with Gasteiger partial charge < -0.3 is 9.11 Å². The molecule has 22 heavy (non-hydrogen) atoms. The SMILES string of the molecule is O=C(CSSCC(=O)C(=O)CS(=O)O)C(=O)CS(=O)[O-].[Na+].[Na+]. The Morgan fingerprint density at radius 3 is 1.50 bits per heavy atom. The maximum Gasteiger partial charge on any atom is 1.00 e. The molecule has 0 aromatic carbocycles. The quantitative estimate of drug-likeness (QED) is 0.115. The van der Waals surface area contributed by atoms with Crippen molar-refractivity contribution in [3.8, 4) is 0 Å². The van der Waals surface area contributed by atoms with Crippen molar-refractivity contribution in [3.05, 3.63) is 0 Å². The summed E-state index contributed by atoms with van der Waals surface area (Å²) in [7, 11) is 1.64. The Hall–Kier alpha value is 1.60. The first-order chi connectivity index (χ1) is 9.23. The number of carbonyl (C=O) groups excluding carboxylic acids is 4. The molecule has 2 unspecified atom stereocenters. The second-order valence-corrected chi connectivity index (χ2v) is 7.42. The zero-order chi connectivity index (χ0) is 15.7. The van der Waals surface area contributed by atoms with Gasteiger partial charge in [0.25, 0.3) is 0 Å². The van der Waals surface area contributed by atoms with Crippen molar-refractivity contribution < 1.29 is 95.8 Å². The zero-order valence-corrected chi connectivity index (χ0v) is 19.0. The molecule has 0 aliphatic heterocycles. The van der Waals surface area contributed by atoms with Gasteiger partial charge in [0.05, 0.1) is 17.3 Å². The average molecular weight is 407 g/mol. The van der Waals surface area contributed by atoms with E-state index in [9.17, 15) is 32.1 Å². The predicted octanol–water partition coefficient (Wildman–Crippen LogP) is -7.25. The van der Waals surface area contributed by atoms with Gasteiger partial charge in [-0.15, -0.1) is 0 Å². The van der Waals surface area contributed by atoms with E-state index in [1.54, 1.807) is 0 Å². The van der Waals surface area contributed by atoms with Crippen LogP contribution in [0.4, 0.5) is 0 Å². The molecule has 0 aliphatic rings. The van der Waals surface area contributed by atoms with E-state index < -0.39 is 56.8 Å². The summed E-state index contributed by atoms with van der Waals surface area (Å²) >= 11 is -5.02. The number of carbonyl (C=O) groups is 4. The molecule has 114 valence electrons. The third kappa shape index (κ3) is 15.1. The largest absolute Gasteiger partial charge is 1.00 e. The molecule has 0 spiro atoms. The summed E-state index contributed by atoms with van der Waals surface area (Å²) in [4.78, 5) is 44.2. The molecule has 0 fully saturated rings. The third-order valence-corrected chi connectivity index (χ3v) is 4.73. The van der Waals surface area contributed by atoms with E-state index in [-0.39, 0.29) is 70.6 Å². The van der Waals surface area contributed by atoms with Crippen molar-refractivity contribution >= 4 is 66.9 Å². The first-order valence-electron chi connectivity index (χ1n) is 4.73. The van der Waals surface area contributed by atoms with Crippen LogP contribution in [0.25, 0.3) is 0 Å². The van der Waals surface area contributed by atoms with E-state index in [0.717, 1.165) is 21.6 Å². The van der Waals surface area contributed by atoms with E-state index in [1.165, 1.54) is 0 Å². The summed E-state index contributed by atoms with van der Waals surface area (Å²) in [6, 6.07) is 0. The van der Waals surface area contributed by atoms with Crippen molar-refractivity contribution in [1.82, 2.24) is 0 Å². The monoisotopic (exact) mass is 407 g/mol. The average Bonchev–Trinajstić information content (AvgIpc) is 2.32. The Morgan fingerprint density at radius 1 is 0.818 bits per heavy atom. The maximum absolute atomic E-state index is 11.1. The van der Waals surface area contributed by atoms with E-state index in [2.05, 4.69) is 0 Å². The molecular formula is C8H9Na2O8S4+. The summed E-state index contributed by atoms with van der Waals surface area (Å²) in [5.41, 5.74) is 0. The molecule has 0 radical (unpaired) electrons. The van der Waals surface area contributed by atoms with E-state index >= 15 is 0 Å². The molecule has 14 heteroatoms. The van der Waals surface area contributed by atoms with E-state index in [1.807, 2.05) is 0 Å². The van der Waals surface area contributed by atoms with Crippen LogP contribution in [-0.4, -0.2) is 63.7 Å². The molecule has 8 nitrogen and oxygen atoms in total. The first-order valence-corrected chi connectivity index (χ1v) is 9.74. The number of hydrogen-bond acceptors (Lipinski definition) is 9. The van der Waals surface area contributed by atoms with Crippen LogP contribution >= 0.6 is 21.6 Å². The van der Waals surface area contributed by atoms with Crippen molar-refractivity contribution in [2.24, 2.45) is 0 Å². The maximum atomic E-state index is 11.1. The van der Waals surface area contributed by atoms with Crippen LogP contribution in [-0.2, 0) is 41.3 Å². The second-order valence-electron chi connectivity index (χ2n) is 3.13. The van der Waals surface area contributed by atoms with Gasteiger partial charge in [-0.05, 0) is 11.1 Å². The standard InChI is InChI=1S/C8H10O8S4.2Na/c9-5(7(11)3-19(13)14)1-17-18-2-6(10)8(12)4-20(15)16;;/h1-4H2,(H,13,14)(H,15,16);;/q;2*+1/p-1. The van der Waals surface area contributed by atoms with Gasteiger partial charge in [0, 0.05) is 0 Å². The fourth-order valence-electron chi connectivity index (χ4n) is 0.732. The van der Waals surface area contributed by atoms with Crippen LogP contribution in [0.15, 0.2) is 0 Å². The van der Waals surface area contributed by atoms with Crippen molar-refractivity contribution in [2.45, 2.75) is 0 Å². The van der Waals surface area contributed by atoms with E-state index in [0.29, 0.717) is 0 Å². The van der Waals surface area contributed by atoms with E-state index in [4.69, 9.17) is 4.55 Å². The molecule has 0 aromatic heterocycles. The zero-order valence-electron chi connectivity index (χ0n) is 11.8. The minimum Gasteiger partial charge on any atom is -0.772 e. The summed E-state index contributed by atoms with van der Waals surface area (Å²) in [6.45, 7) is 0. The van der Waals surface area contributed by atoms with Gasteiger partial charge in [0.1, 0.15) is 5.75 Å². The topological polar surface area (TPSA) is 146 Å². The number of Topliss-reactive ketones (excluding diaryl/α,β-unsaturated/α-hetero) is 4. The summed E-state index contributed by atoms with van der Waals surface area (Å²) in [5.74, 6) is -6.12. The molecule has 0 bridgehead atoms. The smallest absolute Gasteiger partial charge is 0.772 e. The molecule has 2 atom stereocenters. The van der Waals surface area contributed by atoms with Crippen LogP contribution in [0, 0.1) is 0 Å². The molecule has 0 heterocycles. The molecule has 1 N–H and O–H groups in total. The summed E-state index contributed by atoms with van der Waals surface area (Å²) in [6.07, 6.45) is 0. The normalized spacial score (nSPS) is 12.3. The second kappa shape index (κ2) is 16.1. The van der Waals surface area contributed by atoms with Crippen LogP contribution in [0.5, 0.6) is 0 Å². The van der Waals surface area contributed by atoms with Gasteiger partial charge >= 0.3 is 59.1 Å². The van der Waals surface area contributed by atoms with Crippen molar-refractivity contribution in [3.63, 3.8) is 0 Å². The number of hydrogen-bond donors (Lipinski definition) is 1. The Kier molecular flexibility index (Phi) is 20.8. The van der Waals surface area contributed by atoms with Crippen LogP contribution in [0.1, 0.15) is 0 Å².